The van der Waals surface area contributed by atoms with Gasteiger partial charge < -0.3 is 4.90 Å². The van der Waals surface area contributed by atoms with E-state index in [4.69, 9.17) is 0 Å². The summed E-state index contributed by atoms with van der Waals surface area (Å²) in [6.07, 6.45) is 5.18. The second kappa shape index (κ2) is 5.45. The van der Waals surface area contributed by atoms with Crippen molar-refractivity contribution in [1.29, 1.82) is 0 Å². The van der Waals surface area contributed by atoms with Crippen LogP contribution < -0.4 is 4.90 Å². The molecular weight excluding hydrogens is 248 g/mol. The van der Waals surface area contributed by atoms with E-state index < -0.39 is 0 Å². The summed E-state index contributed by atoms with van der Waals surface area (Å²) in [6, 6.07) is 14.2. The monoisotopic (exact) mass is 266 g/mol. The molecule has 2 atom stereocenters. The molecule has 3 nitrogen and oxygen atoms in total. The third-order valence-corrected chi connectivity index (χ3v) is 3.99. The van der Waals surface area contributed by atoms with Crippen molar-refractivity contribution in [3.63, 3.8) is 0 Å². The first-order valence-corrected chi connectivity index (χ1v) is 6.97. The number of carbonyl (C=O) groups is 1. The second-order valence-electron chi connectivity index (χ2n) is 5.38. The van der Waals surface area contributed by atoms with Crippen LogP contribution in [0.1, 0.15) is 24.3 Å². The summed E-state index contributed by atoms with van der Waals surface area (Å²) in [7, 11) is 1.82. The highest BCUT2D eigenvalue weighted by molar-refractivity contribution is 5.93. The molecule has 0 saturated heterocycles. The molecule has 0 bridgehead atoms. The summed E-state index contributed by atoms with van der Waals surface area (Å²) in [6.45, 7) is 0. The molecule has 1 heterocycles. The highest BCUT2D eigenvalue weighted by atomic mass is 16.2. The number of pyridine rings is 1. The van der Waals surface area contributed by atoms with Gasteiger partial charge in [-0.3, -0.25) is 9.78 Å². The van der Waals surface area contributed by atoms with Gasteiger partial charge in [0.2, 0.25) is 5.91 Å². The van der Waals surface area contributed by atoms with Crippen LogP contribution in [-0.2, 0) is 4.79 Å². The Morgan fingerprint density at radius 2 is 2.05 bits per heavy atom. The maximum absolute atomic E-state index is 12.3. The van der Waals surface area contributed by atoms with Crippen molar-refractivity contribution in [2.75, 3.05) is 11.9 Å². The molecule has 1 aromatic carbocycles. The van der Waals surface area contributed by atoms with Gasteiger partial charge in [0.25, 0.3) is 0 Å². The number of nitrogens with zero attached hydrogens (tertiary/aromatic N) is 2. The van der Waals surface area contributed by atoms with Crippen molar-refractivity contribution in [3.05, 3.63) is 60.4 Å². The Bertz CT molecular complexity index is 582. The molecule has 20 heavy (non-hydrogen) atoms. The lowest BCUT2D eigenvalue weighted by atomic mass is 10.1. The fourth-order valence-corrected chi connectivity index (χ4v) is 2.64. The number of amides is 1. The number of rotatable bonds is 4. The predicted molar refractivity (Wildman–Crippen MR) is 79.6 cm³/mol. The first kappa shape index (κ1) is 12.9. The summed E-state index contributed by atoms with van der Waals surface area (Å²) in [5.41, 5.74) is 2.21. The first-order chi connectivity index (χ1) is 9.75. The zero-order valence-corrected chi connectivity index (χ0v) is 11.6. The molecule has 0 spiro atoms. The first-order valence-electron chi connectivity index (χ1n) is 6.97. The van der Waals surface area contributed by atoms with Gasteiger partial charge in [0.05, 0.1) is 11.9 Å². The van der Waals surface area contributed by atoms with Crippen LogP contribution in [0.4, 0.5) is 5.69 Å². The van der Waals surface area contributed by atoms with Crippen molar-refractivity contribution in [2.24, 2.45) is 5.92 Å². The molecule has 1 fully saturated rings. The van der Waals surface area contributed by atoms with Gasteiger partial charge >= 0.3 is 0 Å². The van der Waals surface area contributed by atoms with E-state index in [0.29, 0.717) is 18.3 Å². The lowest BCUT2D eigenvalue weighted by molar-refractivity contribution is -0.118. The van der Waals surface area contributed by atoms with Crippen LogP contribution in [0.2, 0.25) is 0 Å². The number of carbonyl (C=O) groups excluding carboxylic acids is 1. The fraction of sp³-hybridized carbons (Fsp3) is 0.294. The normalized spacial score (nSPS) is 20.4. The van der Waals surface area contributed by atoms with E-state index in [1.165, 1.54) is 5.56 Å². The molecule has 3 rings (SSSR count). The molecule has 3 heteroatoms. The van der Waals surface area contributed by atoms with E-state index in [0.717, 1.165) is 12.1 Å². The third-order valence-electron chi connectivity index (χ3n) is 3.99. The van der Waals surface area contributed by atoms with E-state index in [2.05, 4.69) is 29.2 Å². The topological polar surface area (TPSA) is 33.2 Å². The molecule has 1 amide bonds. The molecule has 0 radical (unpaired) electrons. The van der Waals surface area contributed by atoms with Crippen LogP contribution >= 0.6 is 0 Å². The average Bonchev–Trinajstić information content (AvgIpc) is 3.27. The zero-order valence-electron chi connectivity index (χ0n) is 11.6. The Morgan fingerprint density at radius 3 is 2.75 bits per heavy atom. The Morgan fingerprint density at radius 1 is 1.25 bits per heavy atom. The summed E-state index contributed by atoms with van der Waals surface area (Å²) >= 11 is 0. The standard InChI is InChI=1S/C17H18N2O/c1-19(15-8-5-9-18-12-15)17(20)11-14-10-16(14)13-6-3-2-4-7-13/h2-9,12,14,16H,10-11H2,1H3/t14-,16-/m0/s1. The Hall–Kier alpha value is -2.16. The van der Waals surface area contributed by atoms with Gasteiger partial charge in [-0.1, -0.05) is 30.3 Å². The van der Waals surface area contributed by atoms with Crippen molar-refractivity contribution in [3.8, 4) is 0 Å². The third kappa shape index (κ3) is 2.72. The summed E-state index contributed by atoms with van der Waals surface area (Å²) in [4.78, 5) is 18.0. The van der Waals surface area contributed by atoms with Gasteiger partial charge in [0.15, 0.2) is 0 Å². The molecule has 0 N–H and O–H groups in total. The van der Waals surface area contributed by atoms with E-state index in [1.54, 1.807) is 17.3 Å². The van der Waals surface area contributed by atoms with Crippen molar-refractivity contribution < 1.29 is 4.79 Å². The molecule has 102 valence electrons. The number of anilines is 1. The minimum absolute atomic E-state index is 0.168. The highest BCUT2D eigenvalue weighted by Gasteiger charge is 2.39. The van der Waals surface area contributed by atoms with Gasteiger partial charge in [0, 0.05) is 19.7 Å². The second-order valence-corrected chi connectivity index (χ2v) is 5.38. The molecular formula is C17H18N2O. The molecule has 2 aromatic rings. The Balaban J connectivity index is 1.59. The highest BCUT2D eigenvalue weighted by Crippen LogP contribution is 2.49. The van der Waals surface area contributed by atoms with E-state index in [1.807, 2.05) is 25.2 Å². The number of hydrogen-bond donors (Lipinski definition) is 0. The summed E-state index contributed by atoms with van der Waals surface area (Å²) in [5, 5.41) is 0. The van der Waals surface area contributed by atoms with Crippen LogP contribution in [-0.4, -0.2) is 17.9 Å². The molecule has 1 aliphatic carbocycles. The molecule has 1 aromatic heterocycles. The molecule has 1 aliphatic rings. The molecule has 1 saturated carbocycles. The molecule has 0 unspecified atom stereocenters. The van der Waals surface area contributed by atoms with Gasteiger partial charge in [0.1, 0.15) is 0 Å². The lowest BCUT2D eigenvalue weighted by Gasteiger charge is -2.16. The van der Waals surface area contributed by atoms with Gasteiger partial charge in [-0.15, -0.1) is 0 Å². The Labute approximate surface area is 119 Å². The van der Waals surface area contributed by atoms with Crippen LogP contribution in [0.25, 0.3) is 0 Å². The average molecular weight is 266 g/mol. The number of hydrogen-bond acceptors (Lipinski definition) is 2. The van der Waals surface area contributed by atoms with Crippen LogP contribution in [0.5, 0.6) is 0 Å². The zero-order chi connectivity index (χ0) is 13.9. The van der Waals surface area contributed by atoms with Gasteiger partial charge in [-0.25, -0.2) is 0 Å². The van der Waals surface area contributed by atoms with Crippen molar-refractivity contribution in [1.82, 2.24) is 4.98 Å². The van der Waals surface area contributed by atoms with Crippen LogP contribution in [0.3, 0.4) is 0 Å². The minimum Gasteiger partial charge on any atom is -0.314 e. The minimum atomic E-state index is 0.168. The van der Waals surface area contributed by atoms with Crippen LogP contribution in [0.15, 0.2) is 54.9 Å². The smallest absolute Gasteiger partial charge is 0.227 e. The largest absolute Gasteiger partial charge is 0.314 e. The van der Waals surface area contributed by atoms with E-state index in [9.17, 15) is 4.79 Å². The van der Waals surface area contributed by atoms with Crippen LogP contribution in [0, 0.1) is 5.92 Å². The van der Waals surface area contributed by atoms with E-state index in [-0.39, 0.29) is 5.91 Å². The summed E-state index contributed by atoms with van der Waals surface area (Å²) in [5.74, 6) is 1.22. The maximum Gasteiger partial charge on any atom is 0.227 e. The summed E-state index contributed by atoms with van der Waals surface area (Å²) < 4.78 is 0. The lowest BCUT2D eigenvalue weighted by Crippen LogP contribution is -2.26. The van der Waals surface area contributed by atoms with Crippen molar-refractivity contribution >= 4 is 11.6 Å². The fourth-order valence-electron chi connectivity index (χ4n) is 2.64. The maximum atomic E-state index is 12.3. The Kier molecular flexibility index (Phi) is 3.50. The SMILES string of the molecule is CN(C(=O)C[C@@H]1C[C@H]1c1ccccc1)c1cccnc1. The van der Waals surface area contributed by atoms with E-state index >= 15 is 0 Å². The molecule has 0 aliphatic heterocycles. The van der Waals surface area contributed by atoms with Crippen molar-refractivity contribution in [2.45, 2.75) is 18.8 Å². The predicted octanol–water partition coefficient (Wildman–Crippen LogP) is 3.24. The van der Waals surface area contributed by atoms with Gasteiger partial charge in [-0.05, 0) is 36.0 Å². The number of aromatic nitrogens is 1. The number of benzene rings is 1. The van der Waals surface area contributed by atoms with Gasteiger partial charge in [-0.2, -0.15) is 0 Å². The quantitative estimate of drug-likeness (QED) is 0.851.